The molecule has 1 amide bonds. The molecule has 1 saturated heterocycles. The van der Waals surface area contributed by atoms with Crippen LogP contribution in [0, 0.1) is 5.92 Å². The van der Waals surface area contributed by atoms with Crippen LogP contribution in [0.1, 0.15) is 37.7 Å². The summed E-state index contributed by atoms with van der Waals surface area (Å²) in [6.45, 7) is 3.93. The standard InChI is InChI=1S/C16H22BrNO/c1-2-15(14-8-4-3-5-9-14)16(19)18-10-6-7-13(11-17)12-18/h3-5,8-9,13,15H,2,6-7,10-12H2,1H3. The van der Waals surface area contributed by atoms with E-state index in [0.717, 1.165) is 36.8 Å². The van der Waals surface area contributed by atoms with Crippen LogP contribution >= 0.6 is 15.9 Å². The van der Waals surface area contributed by atoms with Crippen LogP contribution in [0.5, 0.6) is 0 Å². The van der Waals surface area contributed by atoms with Crippen LogP contribution in [0.25, 0.3) is 0 Å². The van der Waals surface area contributed by atoms with Crippen molar-refractivity contribution in [2.45, 2.75) is 32.1 Å². The predicted molar refractivity (Wildman–Crippen MR) is 82.6 cm³/mol. The van der Waals surface area contributed by atoms with Crippen molar-refractivity contribution in [2.24, 2.45) is 5.92 Å². The number of rotatable bonds is 4. The maximum Gasteiger partial charge on any atom is 0.230 e. The summed E-state index contributed by atoms with van der Waals surface area (Å²) in [5, 5.41) is 0.999. The Bertz CT molecular complexity index is 406. The van der Waals surface area contributed by atoms with Gasteiger partial charge in [0, 0.05) is 18.4 Å². The predicted octanol–water partition coefficient (Wildman–Crippen LogP) is 3.81. The molecule has 1 heterocycles. The van der Waals surface area contributed by atoms with E-state index in [4.69, 9.17) is 0 Å². The smallest absolute Gasteiger partial charge is 0.230 e. The molecular weight excluding hydrogens is 302 g/mol. The third kappa shape index (κ3) is 3.59. The van der Waals surface area contributed by atoms with Gasteiger partial charge in [-0.2, -0.15) is 0 Å². The molecule has 1 aliphatic heterocycles. The molecule has 0 spiro atoms. The first-order valence-electron chi connectivity index (χ1n) is 7.16. The zero-order chi connectivity index (χ0) is 13.7. The van der Waals surface area contributed by atoms with Crippen LogP contribution in [0.15, 0.2) is 30.3 Å². The zero-order valence-corrected chi connectivity index (χ0v) is 13.1. The highest BCUT2D eigenvalue weighted by molar-refractivity contribution is 9.09. The third-order valence-corrected chi connectivity index (χ3v) is 4.87. The van der Waals surface area contributed by atoms with Gasteiger partial charge in [-0.3, -0.25) is 4.79 Å². The molecule has 3 heteroatoms. The molecule has 2 nitrogen and oxygen atoms in total. The summed E-state index contributed by atoms with van der Waals surface area (Å²) in [7, 11) is 0. The highest BCUT2D eigenvalue weighted by Gasteiger charge is 2.28. The number of halogens is 1. The van der Waals surface area contributed by atoms with Gasteiger partial charge in [0.2, 0.25) is 5.91 Å². The van der Waals surface area contributed by atoms with Gasteiger partial charge < -0.3 is 4.90 Å². The summed E-state index contributed by atoms with van der Waals surface area (Å²) >= 11 is 3.55. The topological polar surface area (TPSA) is 20.3 Å². The number of amides is 1. The van der Waals surface area contributed by atoms with E-state index in [1.165, 1.54) is 6.42 Å². The third-order valence-electron chi connectivity index (χ3n) is 3.96. The van der Waals surface area contributed by atoms with Gasteiger partial charge in [0.15, 0.2) is 0 Å². The SMILES string of the molecule is CCC(C(=O)N1CCCC(CBr)C1)c1ccccc1. The highest BCUT2D eigenvalue weighted by Crippen LogP contribution is 2.26. The molecule has 1 aromatic carbocycles. The van der Waals surface area contributed by atoms with Crippen molar-refractivity contribution in [1.29, 1.82) is 0 Å². The Morgan fingerprint density at radius 1 is 1.42 bits per heavy atom. The van der Waals surface area contributed by atoms with Crippen LogP contribution in [-0.4, -0.2) is 29.2 Å². The zero-order valence-electron chi connectivity index (χ0n) is 11.5. The summed E-state index contributed by atoms with van der Waals surface area (Å²) in [6, 6.07) is 10.2. The van der Waals surface area contributed by atoms with Gasteiger partial charge in [0.1, 0.15) is 0 Å². The summed E-state index contributed by atoms with van der Waals surface area (Å²) in [5.74, 6) is 0.945. The Hall–Kier alpha value is -0.830. The minimum Gasteiger partial charge on any atom is -0.342 e. The van der Waals surface area contributed by atoms with Crippen molar-refractivity contribution in [1.82, 2.24) is 4.90 Å². The van der Waals surface area contributed by atoms with E-state index < -0.39 is 0 Å². The highest BCUT2D eigenvalue weighted by atomic mass is 79.9. The molecule has 19 heavy (non-hydrogen) atoms. The Kier molecular flexibility index (Phi) is 5.44. The number of hydrogen-bond acceptors (Lipinski definition) is 1. The first-order chi connectivity index (χ1) is 9.26. The Balaban J connectivity index is 2.08. The van der Waals surface area contributed by atoms with E-state index in [9.17, 15) is 4.79 Å². The second-order valence-electron chi connectivity index (χ2n) is 5.32. The van der Waals surface area contributed by atoms with Gasteiger partial charge in [-0.1, -0.05) is 53.2 Å². The van der Waals surface area contributed by atoms with Crippen molar-refractivity contribution < 1.29 is 4.79 Å². The minimum atomic E-state index is 0.0234. The van der Waals surface area contributed by atoms with E-state index in [1.54, 1.807) is 0 Å². The molecule has 104 valence electrons. The Morgan fingerprint density at radius 2 is 2.16 bits per heavy atom. The van der Waals surface area contributed by atoms with E-state index in [0.29, 0.717) is 11.8 Å². The first-order valence-corrected chi connectivity index (χ1v) is 8.28. The summed E-state index contributed by atoms with van der Waals surface area (Å²) in [4.78, 5) is 14.8. The van der Waals surface area contributed by atoms with Gasteiger partial charge in [-0.15, -0.1) is 0 Å². The molecule has 0 saturated carbocycles. The lowest BCUT2D eigenvalue weighted by Gasteiger charge is -2.34. The molecule has 0 aromatic heterocycles. The number of carbonyl (C=O) groups is 1. The van der Waals surface area contributed by atoms with E-state index in [1.807, 2.05) is 18.2 Å². The van der Waals surface area contributed by atoms with E-state index in [2.05, 4.69) is 39.9 Å². The first kappa shape index (κ1) is 14.6. The average molecular weight is 324 g/mol. The molecule has 0 aliphatic carbocycles. The lowest BCUT2D eigenvalue weighted by atomic mass is 9.92. The number of benzene rings is 1. The van der Waals surface area contributed by atoms with Crippen molar-refractivity contribution in [2.75, 3.05) is 18.4 Å². The van der Waals surface area contributed by atoms with Crippen molar-refractivity contribution in [3.8, 4) is 0 Å². The maximum atomic E-state index is 12.7. The second-order valence-corrected chi connectivity index (χ2v) is 5.97. The number of nitrogens with zero attached hydrogens (tertiary/aromatic N) is 1. The van der Waals surface area contributed by atoms with E-state index >= 15 is 0 Å². The van der Waals surface area contributed by atoms with Gasteiger partial charge in [-0.25, -0.2) is 0 Å². The molecule has 2 rings (SSSR count). The fraction of sp³-hybridized carbons (Fsp3) is 0.562. The summed E-state index contributed by atoms with van der Waals surface area (Å²) in [6.07, 6.45) is 3.24. The van der Waals surface area contributed by atoms with Gasteiger partial charge in [0.25, 0.3) is 0 Å². The number of likely N-dealkylation sites (tertiary alicyclic amines) is 1. The molecule has 2 atom stereocenters. The fourth-order valence-electron chi connectivity index (χ4n) is 2.85. The average Bonchev–Trinajstić information content (AvgIpc) is 2.49. The molecule has 2 unspecified atom stereocenters. The number of alkyl halides is 1. The molecule has 0 radical (unpaired) electrons. The quantitative estimate of drug-likeness (QED) is 0.771. The van der Waals surface area contributed by atoms with Crippen molar-refractivity contribution in [3.05, 3.63) is 35.9 Å². The van der Waals surface area contributed by atoms with Crippen molar-refractivity contribution in [3.63, 3.8) is 0 Å². The van der Waals surface area contributed by atoms with Gasteiger partial charge in [-0.05, 0) is 30.7 Å². The van der Waals surface area contributed by atoms with Crippen LogP contribution < -0.4 is 0 Å². The van der Waals surface area contributed by atoms with Crippen molar-refractivity contribution >= 4 is 21.8 Å². The van der Waals surface area contributed by atoms with Crippen LogP contribution in [0.3, 0.4) is 0 Å². The number of piperidine rings is 1. The Morgan fingerprint density at radius 3 is 2.79 bits per heavy atom. The number of carbonyl (C=O) groups excluding carboxylic acids is 1. The second kappa shape index (κ2) is 7.09. The van der Waals surface area contributed by atoms with Crippen LogP contribution in [0.2, 0.25) is 0 Å². The lowest BCUT2D eigenvalue weighted by molar-refractivity contribution is -0.134. The fourth-order valence-corrected chi connectivity index (χ4v) is 3.38. The van der Waals surface area contributed by atoms with Crippen LogP contribution in [0.4, 0.5) is 0 Å². The Labute approximate surface area is 124 Å². The molecule has 1 aromatic rings. The number of hydrogen-bond donors (Lipinski definition) is 0. The van der Waals surface area contributed by atoms with E-state index in [-0.39, 0.29) is 5.92 Å². The largest absolute Gasteiger partial charge is 0.342 e. The lowest BCUT2D eigenvalue weighted by Crippen LogP contribution is -2.42. The normalized spacial score (nSPS) is 21.2. The molecule has 0 N–H and O–H groups in total. The summed E-state index contributed by atoms with van der Waals surface area (Å²) < 4.78 is 0. The van der Waals surface area contributed by atoms with Gasteiger partial charge in [0.05, 0.1) is 5.92 Å². The molecular formula is C16H22BrNO. The molecule has 1 fully saturated rings. The van der Waals surface area contributed by atoms with Gasteiger partial charge >= 0.3 is 0 Å². The molecule has 1 aliphatic rings. The summed E-state index contributed by atoms with van der Waals surface area (Å²) in [5.41, 5.74) is 1.15. The van der Waals surface area contributed by atoms with Crippen LogP contribution in [-0.2, 0) is 4.79 Å². The minimum absolute atomic E-state index is 0.0234. The molecule has 0 bridgehead atoms. The maximum absolute atomic E-state index is 12.7. The monoisotopic (exact) mass is 323 g/mol.